The van der Waals surface area contributed by atoms with Crippen molar-refractivity contribution >= 4 is 17.7 Å². The van der Waals surface area contributed by atoms with Gasteiger partial charge in [-0.15, -0.1) is 5.48 Å². The van der Waals surface area contributed by atoms with E-state index >= 15 is 0 Å². The standard InChI is InChI=1S/C32H27ClFN5O4/c33-26-11-21(16-37-17-31-38-32(40)43-39-31)29(41-18-20-10-19(13-35)14-36-15-20)12-30(26)42-28-9-8-23-22(5-3-6-25(23)28)24-4-1-2-7-27(24)34/h1-7,10-12,14-15,28,31,37,39H,8-9,16-18H2,(H,38,40)/t28-,31?/m0/s1. The Morgan fingerprint density at radius 3 is 2.79 bits per heavy atom. The fourth-order valence-corrected chi connectivity index (χ4v) is 5.55. The molecule has 11 heteroatoms. The monoisotopic (exact) mass is 599 g/mol. The summed E-state index contributed by atoms with van der Waals surface area (Å²) in [6.07, 6.45) is 3.39. The Balaban J connectivity index is 1.24. The zero-order valence-electron chi connectivity index (χ0n) is 22.9. The van der Waals surface area contributed by atoms with Crippen molar-refractivity contribution in [3.63, 3.8) is 0 Å². The van der Waals surface area contributed by atoms with Crippen molar-refractivity contribution in [1.29, 1.82) is 5.26 Å². The minimum absolute atomic E-state index is 0.170. The third kappa shape index (κ3) is 6.39. The van der Waals surface area contributed by atoms with Gasteiger partial charge in [0.25, 0.3) is 0 Å². The number of aromatic nitrogens is 1. The lowest BCUT2D eigenvalue weighted by atomic mass is 9.96. The van der Waals surface area contributed by atoms with E-state index in [2.05, 4.69) is 27.2 Å². The minimum Gasteiger partial charge on any atom is -0.488 e. The second-order valence-corrected chi connectivity index (χ2v) is 10.6. The number of carbonyl (C=O) groups excluding carboxylic acids is 1. The molecule has 1 aromatic heterocycles. The SMILES string of the molecule is N#Cc1cncc(COc2cc(O[C@H]3CCc4c(-c5ccccc5F)cccc43)c(Cl)cc2CNCC2NOC(=O)N2)c1. The Hall–Kier alpha value is -4.69. The molecule has 4 aromatic rings. The molecule has 3 N–H and O–H groups in total. The molecule has 2 aliphatic rings. The van der Waals surface area contributed by atoms with Crippen molar-refractivity contribution in [3.8, 4) is 28.7 Å². The van der Waals surface area contributed by atoms with Gasteiger partial charge in [0.2, 0.25) is 0 Å². The van der Waals surface area contributed by atoms with Crippen molar-refractivity contribution in [2.75, 3.05) is 6.54 Å². The second-order valence-electron chi connectivity index (χ2n) is 10.2. The lowest BCUT2D eigenvalue weighted by molar-refractivity contribution is 0.121. The van der Waals surface area contributed by atoms with Crippen LogP contribution in [-0.2, 0) is 24.4 Å². The highest BCUT2D eigenvalue weighted by Gasteiger charge is 2.28. The number of rotatable bonds is 10. The van der Waals surface area contributed by atoms with Crippen LogP contribution >= 0.6 is 11.6 Å². The molecule has 1 fully saturated rings. The molecule has 6 rings (SSSR count). The predicted octanol–water partition coefficient (Wildman–Crippen LogP) is 5.72. The first-order chi connectivity index (χ1) is 21.0. The summed E-state index contributed by atoms with van der Waals surface area (Å²) in [7, 11) is 0. The van der Waals surface area contributed by atoms with Crippen molar-refractivity contribution in [3.05, 3.63) is 112 Å². The van der Waals surface area contributed by atoms with Crippen LogP contribution in [-0.4, -0.2) is 23.8 Å². The molecule has 1 saturated heterocycles. The number of nitriles is 1. The summed E-state index contributed by atoms with van der Waals surface area (Å²) in [5, 5.41) is 15.5. The molecule has 218 valence electrons. The molecule has 0 saturated carbocycles. The number of nitrogens with one attached hydrogen (secondary N) is 3. The molecule has 0 bridgehead atoms. The zero-order valence-corrected chi connectivity index (χ0v) is 23.7. The van der Waals surface area contributed by atoms with Gasteiger partial charge in [0.05, 0.1) is 10.6 Å². The van der Waals surface area contributed by atoms with E-state index in [9.17, 15) is 14.4 Å². The van der Waals surface area contributed by atoms with Gasteiger partial charge in [-0.25, -0.2) is 9.18 Å². The molecular weight excluding hydrogens is 573 g/mol. The normalized spacial score (nSPS) is 17.1. The number of benzene rings is 3. The Labute approximate surface area is 252 Å². The van der Waals surface area contributed by atoms with E-state index in [1.54, 1.807) is 36.5 Å². The average molecular weight is 600 g/mol. The lowest BCUT2D eigenvalue weighted by Gasteiger charge is -2.20. The molecule has 3 aromatic carbocycles. The highest BCUT2D eigenvalue weighted by atomic mass is 35.5. The fraction of sp³-hybridized carbons (Fsp3) is 0.219. The van der Waals surface area contributed by atoms with Gasteiger partial charge >= 0.3 is 6.09 Å². The van der Waals surface area contributed by atoms with Crippen LogP contribution < -0.4 is 25.6 Å². The first-order valence-corrected chi connectivity index (χ1v) is 14.1. The highest BCUT2D eigenvalue weighted by Crippen LogP contribution is 2.43. The van der Waals surface area contributed by atoms with Gasteiger partial charge in [-0.2, -0.15) is 5.26 Å². The van der Waals surface area contributed by atoms with E-state index in [4.69, 9.17) is 25.9 Å². The Bertz CT molecular complexity index is 1710. The number of hydrogen-bond acceptors (Lipinski definition) is 8. The van der Waals surface area contributed by atoms with Gasteiger partial charge in [-0.1, -0.05) is 48.0 Å². The van der Waals surface area contributed by atoms with Crippen molar-refractivity contribution < 1.29 is 23.5 Å². The van der Waals surface area contributed by atoms with Gasteiger partial charge < -0.3 is 24.9 Å². The van der Waals surface area contributed by atoms with Gasteiger partial charge in [-0.3, -0.25) is 4.98 Å². The quantitative estimate of drug-likeness (QED) is 0.212. The maximum Gasteiger partial charge on any atom is 0.427 e. The molecule has 1 amide bonds. The second kappa shape index (κ2) is 12.7. The zero-order chi connectivity index (χ0) is 29.8. The molecule has 0 radical (unpaired) electrons. The number of carbonyl (C=O) groups is 1. The molecule has 9 nitrogen and oxygen atoms in total. The summed E-state index contributed by atoms with van der Waals surface area (Å²) in [6.45, 7) is 0.930. The van der Waals surface area contributed by atoms with Gasteiger partial charge in [-0.05, 0) is 47.7 Å². The maximum atomic E-state index is 14.6. The number of hydrogen-bond donors (Lipinski definition) is 3. The lowest BCUT2D eigenvalue weighted by Crippen LogP contribution is -2.41. The number of fused-ring (bicyclic) bond motifs is 1. The van der Waals surface area contributed by atoms with Crippen LogP contribution in [0.5, 0.6) is 11.5 Å². The van der Waals surface area contributed by atoms with Crippen molar-refractivity contribution in [2.24, 2.45) is 0 Å². The minimum atomic E-state index is -0.539. The summed E-state index contributed by atoms with van der Waals surface area (Å²) in [6, 6.07) is 20.0. The Morgan fingerprint density at radius 2 is 1.98 bits per heavy atom. The van der Waals surface area contributed by atoms with Crippen LogP contribution in [0.2, 0.25) is 5.02 Å². The fourth-order valence-electron chi connectivity index (χ4n) is 5.32. The number of nitrogens with zero attached hydrogens (tertiary/aromatic N) is 2. The van der Waals surface area contributed by atoms with Crippen LogP contribution in [0, 0.1) is 17.1 Å². The van der Waals surface area contributed by atoms with E-state index in [0.717, 1.165) is 34.2 Å². The first kappa shape index (κ1) is 28.4. The molecule has 0 spiro atoms. The smallest absolute Gasteiger partial charge is 0.427 e. The molecular formula is C32H27ClFN5O4. The molecule has 2 heterocycles. The first-order valence-electron chi connectivity index (χ1n) is 13.7. The van der Waals surface area contributed by atoms with Crippen molar-refractivity contribution in [1.82, 2.24) is 21.1 Å². The number of hydroxylamine groups is 1. The predicted molar refractivity (Wildman–Crippen MR) is 157 cm³/mol. The van der Waals surface area contributed by atoms with Gasteiger partial charge in [0, 0.05) is 48.2 Å². The maximum absolute atomic E-state index is 14.6. The number of pyridine rings is 1. The van der Waals surface area contributed by atoms with Crippen LogP contribution in [0.3, 0.4) is 0 Å². The third-order valence-corrected chi connectivity index (χ3v) is 7.63. The topological polar surface area (TPSA) is 118 Å². The summed E-state index contributed by atoms with van der Waals surface area (Å²) in [5.41, 5.74) is 8.02. The van der Waals surface area contributed by atoms with Gasteiger partial charge in [0.15, 0.2) is 0 Å². The summed E-state index contributed by atoms with van der Waals surface area (Å²) in [4.78, 5) is 20.1. The average Bonchev–Trinajstić information content (AvgIpc) is 3.63. The Morgan fingerprint density at radius 1 is 1.12 bits per heavy atom. The van der Waals surface area contributed by atoms with E-state index in [1.165, 1.54) is 12.3 Å². The molecule has 43 heavy (non-hydrogen) atoms. The van der Waals surface area contributed by atoms with Crippen LogP contribution in [0.1, 0.15) is 40.3 Å². The van der Waals surface area contributed by atoms with Crippen LogP contribution in [0.25, 0.3) is 11.1 Å². The highest BCUT2D eigenvalue weighted by molar-refractivity contribution is 6.32. The summed E-state index contributed by atoms with van der Waals surface area (Å²) in [5.74, 6) is 0.729. The van der Waals surface area contributed by atoms with E-state index in [1.807, 2.05) is 24.3 Å². The number of ether oxygens (including phenoxy) is 2. The Kier molecular flexibility index (Phi) is 8.38. The van der Waals surface area contributed by atoms with Crippen LogP contribution in [0.15, 0.2) is 73.1 Å². The molecule has 2 atom stereocenters. The summed E-state index contributed by atoms with van der Waals surface area (Å²) >= 11 is 6.74. The van der Waals surface area contributed by atoms with Crippen LogP contribution in [0.4, 0.5) is 9.18 Å². The summed E-state index contributed by atoms with van der Waals surface area (Å²) < 4.78 is 27.3. The number of halogens is 2. The van der Waals surface area contributed by atoms with Gasteiger partial charge in [0.1, 0.15) is 42.3 Å². The van der Waals surface area contributed by atoms with E-state index in [0.29, 0.717) is 47.2 Å². The largest absolute Gasteiger partial charge is 0.488 e. The molecule has 1 aliphatic carbocycles. The third-order valence-electron chi connectivity index (χ3n) is 7.33. The molecule has 1 aliphatic heterocycles. The molecule has 1 unspecified atom stereocenters. The van der Waals surface area contributed by atoms with E-state index < -0.39 is 6.09 Å². The number of amides is 1. The van der Waals surface area contributed by atoms with Crippen molar-refractivity contribution in [2.45, 2.75) is 38.3 Å². The van der Waals surface area contributed by atoms with E-state index in [-0.39, 0.29) is 24.7 Å².